The predicted octanol–water partition coefficient (Wildman–Crippen LogP) is 3.00. The third-order valence-corrected chi connectivity index (χ3v) is 2.30. The Bertz CT molecular complexity index is 250. The summed E-state index contributed by atoms with van der Waals surface area (Å²) in [5, 5.41) is 9.18. The summed E-state index contributed by atoms with van der Waals surface area (Å²) in [5.41, 5.74) is 0.957. The molecule has 1 aromatic carbocycles. The maximum atomic E-state index is 8.65. The summed E-state index contributed by atoms with van der Waals surface area (Å²) in [6, 6.07) is 7.37. The van der Waals surface area contributed by atoms with Crippen LogP contribution in [-0.4, -0.2) is 11.7 Å². The Hall–Kier alpha value is -0.240. The zero-order chi connectivity index (χ0) is 8.97. The Morgan fingerprint density at radius 2 is 2.17 bits per heavy atom. The maximum Gasteiger partial charge on any atom is 0.0607 e. The first-order valence-corrected chi connectivity index (χ1v) is 4.56. The van der Waals surface area contributed by atoms with Crippen molar-refractivity contribution in [1.82, 2.24) is 0 Å². The van der Waals surface area contributed by atoms with Crippen molar-refractivity contribution in [3.63, 3.8) is 0 Å². The van der Waals surface area contributed by atoms with E-state index in [9.17, 15) is 0 Å². The van der Waals surface area contributed by atoms with E-state index in [1.807, 2.05) is 18.2 Å². The molecule has 0 aliphatic rings. The van der Waals surface area contributed by atoms with Crippen molar-refractivity contribution >= 4 is 23.2 Å². The van der Waals surface area contributed by atoms with Crippen LogP contribution >= 0.6 is 23.2 Å². The zero-order valence-corrected chi connectivity index (χ0v) is 8.02. The summed E-state index contributed by atoms with van der Waals surface area (Å²) in [7, 11) is 0. The predicted molar refractivity (Wildman–Crippen MR) is 51.7 cm³/mol. The standard InChI is InChI=1S/C9H10Cl2O/c10-8-3-1-2-7(6-8)9(11)4-5-12/h1-3,6,9,12H,4-5H2. The van der Waals surface area contributed by atoms with Crippen LogP contribution in [0.15, 0.2) is 24.3 Å². The molecule has 0 heterocycles. The third kappa shape index (κ3) is 2.67. The lowest BCUT2D eigenvalue weighted by Crippen LogP contribution is -1.93. The number of halogens is 2. The summed E-state index contributed by atoms with van der Waals surface area (Å²) >= 11 is 11.7. The molecule has 1 aromatic rings. The van der Waals surface area contributed by atoms with Crippen molar-refractivity contribution in [1.29, 1.82) is 0 Å². The fourth-order valence-electron chi connectivity index (χ4n) is 0.981. The molecule has 12 heavy (non-hydrogen) atoms. The summed E-state index contributed by atoms with van der Waals surface area (Å²) in [6.45, 7) is 0.0979. The summed E-state index contributed by atoms with van der Waals surface area (Å²) < 4.78 is 0. The summed E-state index contributed by atoms with van der Waals surface area (Å²) in [5.74, 6) is 0. The van der Waals surface area contributed by atoms with Crippen LogP contribution in [0.3, 0.4) is 0 Å². The highest BCUT2D eigenvalue weighted by atomic mass is 35.5. The molecule has 0 aromatic heterocycles. The van der Waals surface area contributed by atoms with Crippen LogP contribution in [-0.2, 0) is 0 Å². The van der Waals surface area contributed by atoms with Crippen molar-refractivity contribution in [2.75, 3.05) is 6.61 Å². The molecule has 3 heteroatoms. The van der Waals surface area contributed by atoms with E-state index in [-0.39, 0.29) is 12.0 Å². The van der Waals surface area contributed by atoms with Gasteiger partial charge in [-0.1, -0.05) is 23.7 Å². The highest BCUT2D eigenvalue weighted by Crippen LogP contribution is 2.25. The molecule has 1 rings (SSSR count). The van der Waals surface area contributed by atoms with E-state index in [2.05, 4.69) is 0 Å². The van der Waals surface area contributed by atoms with Crippen LogP contribution in [0.1, 0.15) is 17.4 Å². The van der Waals surface area contributed by atoms with Gasteiger partial charge < -0.3 is 5.11 Å². The van der Waals surface area contributed by atoms with Gasteiger partial charge in [0, 0.05) is 11.6 Å². The SMILES string of the molecule is OCCC(Cl)c1cccc(Cl)c1. The van der Waals surface area contributed by atoms with Gasteiger partial charge in [0.25, 0.3) is 0 Å². The number of aliphatic hydroxyl groups is 1. The molecule has 1 unspecified atom stereocenters. The molecular formula is C9H10Cl2O. The first kappa shape index (κ1) is 9.85. The molecule has 1 nitrogen and oxygen atoms in total. The van der Waals surface area contributed by atoms with E-state index < -0.39 is 0 Å². The van der Waals surface area contributed by atoms with Gasteiger partial charge in [0.2, 0.25) is 0 Å². The molecule has 0 saturated carbocycles. The molecule has 0 spiro atoms. The van der Waals surface area contributed by atoms with Gasteiger partial charge in [0.1, 0.15) is 0 Å². The molecule has 0 aliphatic carbocycles. The summed E-state index contributed by atoms with van der Waals surface area (Å²) in [6.07, 6.45) is 0.557. The van der Waals surface area contributed by atoms with Crippen LogP contribution in [0.4, 0.5) is 0 Å². The minimum atomic E-state index is -0.145. The van der Waals surface area contributed by atoms with E-state index in [4.69, 9.17) is 28.3 Å². The number of aliphatic hydroxyl groups excluding tert-OH is 1. The van der Waals surface area contributed by atoms with Gasteiger partial charge in [0.15, 0.2) is 0 Å². The van der Waals surface area contributed by atoms with Crippen molar-refractivity contribution < 1.29 is 5.11 Å². The van der Waals surface area contributed by atoms with Crippen LogP contribution in [0, 0.1) is 0 Å². The number of hydrogen-bond donors (Lipinski definition) is 1. The van der Waals surface area contributed by atoms with Crippen molar-refractivity contribution in [3.8, 4) is 0 Å². The van der Waals surface area contributed by atoms with Gasteiger partial charge in [-0.05, 0) is 24.1 Å². The van der Waals surface area contributed by atoms with E-state index in [0.717, 1.165) is 5.56 Å². The Labute approximate surface area is 81.9 Å². The van der Waals surface area contributed by atoms with Crippen molar-refractivity contribution in [2.24, 2.45) is 0 Å². The van der Waals surface area contributed by atoms with Gasteiger partial charge in [0.05, 0.1) is 5.38 Å². The van der Waals surface area contributed by atoms with Gasteiger partial charge in [-0.15, -0.1) is 11.6 Å². The lowest BCUT2D eigenvalue weighted by molar-refractivity contribution is 0.286. The smallest absolute Gasteiger partial charge is 0.0607 e. The van der Waals surface area contributed by atoms with E-state index in [0.29, 0.717) is 11.4 Å². The van der Waals surface area contributed by atoms with Gasteiger partial charge in [-0.2, -0.15) is 0 Å². The van der Waals surface area contributed by atoms with E-state index in [1.165, 1.54) is 0 Å². The molecule has 0 fully saturated rings. The normalized spacial score (nSPS) is 12.9. The first-order chi connectivity index (χ1) is 5.74. The zero-order valence-electron chi connectivity index (χ0n) is 6.50. The summed E-state index contributed by atoms with van der Waals surface area (Å²) in [4.78, 5) is 0. The molecular weight excluding hydrogens is 195 g/mol. The number of hydrogen-bond acceptors (Lipinski definition) is 1. The van der Waals surface area contributed by atoms with Gasteiger partial charge in [-0.25, -0.2) is 0 Å². The monoisotopic (exact) mass is 204 g/mol. The largest absolute Gasteiger partial charge is 0.396 e. The molecule has 1 atom stereocenters. The highest BCUT2D eigenvalue weighted by Gasteiger charge is 2.06. The number of benzene rings is 1. The van der Waals surface area contributed by atoms with E-state index in [1.54, 1.807) is 6.07 Å². The Morgan fingerprint density at radius 1 is 1.42 bits per heavy atom. The second kappa shape index (κ2) is 4.70. The topological polar surface area (TPSA) is 20.2 Å². The molecule has 0 radical (unpaired) electrons. The van der Waals surface area contributed by atoms with Crippen LogP contribution < -0.4 is 0 Å². The van der Waals surface area contributed by atoms with Gasteiger partial charge >= 0.3 is 0 Å². The lowest BCUT2D eigenvalue weighted by atomic mass is 10.1. The lowest BCUT2D eigenvalue weighted by Gasteiger charge is -2.07. The molecule has 0 aliphatic heterocycles. The molecule has 0 bridgehead atoms. The van der Waals surface area contributed by atoms with E-state index >= 15 is 0 Å². The second-order valence-electron chi connectivity index (χ2n) is 2.53. The van der Waals surface area contributed by atoms with Crippen LogP contribution in [0.25, 0.3) is 0 Å². The average Bonchev–Trinajstić information content (AvgIpc) is 2.05. The second-order valence-corrected chi connectivity index (χ2v) is 3.50. The van der Waals surface area contributed by atoms with Gasteiger partial charge in [-0.3, -0.25) is 0 Å². The fourth-order valence-corrected chi connectivity index (χ4v) is 1.41. The fraction of sp³-hybridized carbons (Fsp3) is 0.333. The third-order valence-electron chi connectivity index (χ3n) is 1.59. The Morgan fingerprint density at radius 3 is 2.75 bits per heavy atom. The molecule has 66 valence electrons. The first-order valence-electron chi connectivity index (χ1n) is 3.74. The Kier molecular flexibility index (Phi) is 3.86. The maximum absolute atomic E-state index is 8.65. The average molecular weight is 205 g/mol. The number of rotatable bonds is 3. The molecule has 1 N–H and O–H groups in total. The minimum Gasteiger partial charge on any atom is -0.396 e. The van der Waals surface area contributed by atoms with Crippen molar-refractivity contribution in [3.05, 3.63) is 34.9 Å². The highest BCUT2D eigenvalue weighted by molar-refractivity contribution is 6.30. The minimum absolute atomic E-state index is 0.0979. The van der Waals surface area contributed by atoms with Crippen LogP contribution in [0.2, 0.25) is 5.02 Å². The molecule has 0 saturated heterocycles. The van der Waals surface area contributed by atoms with Crippen LogP contribution in [0.5, 0.6) is 0 Å². The van der Waals surface area contributed by atoms with Crippen molar-refractivity contribution in [2.45, 2.75) is 11.8 Å². The quantitative estimate of drug-likeness (QED) is 0.752. The molecule has 0 amide bonds. The number of alkyl halides is 1. The Balaban J connectivity index is 2.73.